The van der Waals surface area contributed by atoms with E-state index in [4.69, 9.17) is 4.98 Å². The van der Waals surface area contributed by atoms with Crippen molar-refractivity contribution in [3.63, 3.8) is 0 Å². The number of aromatic nitrogens is 5. The lowest BCUT2D eigenvalue weighted by Gasteiger charge is -2.32. The zero-order valence-electron chi connectivity index (χ0n) is 19.1. The number of piperazine rings is 1. The van der Waals surface area contributed by atoms with Crippen molar-refractivity contribution in [1.82, 2.24) is 30.0 Å². The van der Waals surface area contributed by atoms with E-state index in [1.54, 1.807) is 12.1 Å². The Morgan fingerprint density at radius 3 is 2.41 bits per heavy atom. The molecule has 10 heteroatoms. The van der Waals surface area contributed by atoms with Gasteiger partial charge < -0.3 is 20.0 Å². The second-order valence-corrected chi connectivity index (χ2v) is 8.24. The summed E-state index contributed by atoms with van der Waals surface area (Å²) in [5.74, 6) is 1.75. The maximum Gasteiger partial charge on any atom is 0.236 e. The van der Waals surface area contributed by atoms with E-state index in [-0.39, 0.29) is 5.82 Å². The molecule has 0 atom stereocenters. The molecule has 174 valence electrons. The molecule has 5 rings (SSSR count). The van der Waals surface area contributed by atoms with E-state index < -0.39 is 0 Å². The molecule has 1 fully saturated rings. The van der Waals surface area contributed by atoms with Gasteiger partial charge in [0, 0.05) is 45.0 Å². The molecular formula is C24H26FN9. The number of benzene rings is 2. The number of halogens is 1. The predicted octanol–water partition coefficient (Wildman–Crippen LogP) is 3.66. The van der Waals surface area contributed by atoms with Gasteiger partial charge in [-0.15, -0.1) is 0 Å². The van der Waals surface area contributed by atoms with Crippen molar-refractivity contribution >= 4 is 29.4 Å². The third kappa shape index (κ3) is 4.81. The third-order valence-electron chi connectivity index (χ3n) is 5.81. The molecule has 0 saturated carbocycles. The fourth-order valence-corrected chi connectivity index (χ4v) is 3.75. The van der Waals surface area contributed by atoms with Crippen LogP contribution < -0.4 is 15.1 Å². The highest BCUT2D eigenvalue weighted by atomic mass is 19.1. The zero-order valence-corrected chi connectivity index (χ0v) is 19.1. The number of H-pyrrole nitrogens is 1. The standard InChI is InChI=1S/C24H26FN9/c1-32-12-14-34(15-13-32)24-28-22(26-21-16-20(30-31-21)17-6-4-3-5-7-17)27-23(29-24)33(2)19-10-8-18(25)9-11-19/h3-11,16H,12-15H2,1-2H3,(H2,26,27,28,29,30,31). The van der Waals surface area contributed by atoms with Crippen LogP contribution in [0.4, 0.5) is 33.7 Å². The normalized spacial score (nSPS) is 14.3. The van der Waals surface area contributed by atoms with Gasteiger partial charge in [-0.2, -0.15) is 20.1 Å². The summed E-state index contributed by atoms with van der Waals surface area (Å²) in [5.41, 5.74) is 2.70. The Morgan fingerprint density at radius 1 is 0.941 bits per heavy atom. The summed E-state index contributed by atoms with van der Waals surface area (Å²) in [6.45, 7) is 3.50. The monoisotopic (exact) mass is 459 g/mol. The topological polar surface area (TPSA) is 89.1 Å². The smallest absolute Gasteiger partial charge is 0.236 e. The first-order chi connectivity index (χ1) is 16.5. The molecule has 4 aromatic rings. The average Bonchev–Trinajstić information content (AvgIpc) is 3.33. The van der Waals surface area contributed by atoms with E-state index in [0.29, 0.717) is 23.7 Å². The van der Waals surface area contributed by atoms with Crippen LogP contribution in [0.2, 0.25) is 0 Å². The Kier molecular flexibility index (Phi) is 6.05. The molecule has 2 aromatic heterocycles. The quantitative estimate of drug-likeness (QED) is 0.452. The second kappa shape index (κ2) is 9.44. The second-order valence-electron chi connectivity index (χ2n) is 8.24. The minimum Gasteiger partial charge on any atom is -0.338 e. The van der Waals surface area contributed by atoms with E-state index in [1.165, 1.54) is 12.1 Å². The Bertz CT molecular complexity index is 1240. The summed E-state index contributed by atoms with van der Waals surface area (Å²) in [6, 6.07) is 18.1. The van der Waals surface area contributed by atoms with Crippen LogP contribution in [0.15, 0.2) is 60.7 Å². The van der Waals surface area contributed by atoms with E-state index in [0.717, 1.165) is 43.1 Å². The highest BCUT2D eigenvalue weighted by molar-refractivity contribution is 5.65. The molecule has 9 nitrogen and oxygen atoms in total. The number of nitrogens with zero attached hydrogens (tertiary/aromatic N) is 7. The Balaban J connectivity index is 1.46. The van der Waals surface area contributed by atoms with Gasteiger partial charge in [-0.3, -0.25) is 5.10 Å². The van der Waals surface area contributed by atoms with Crippen LogP contribution in [0.3, 0.4) is 0 Å². The van der Waals surface area contributed by atoms with Crippen LogP contribution in [-0.2, 0) is 0 Å². The number of nitrogens with one attached hydrogen (secondary N) is 2. The van der Waals surface area contributed by atoms with Gasteiger partial charge >= 0.3 is 0 Å². The number of hydrogen-bond donors (Lipinski definition) is 2. The molecule has 3 heterocycles. The first-order valence-electron chi connectivity index (χ1n) is 11.1. The average molecular weight is 460 g/mol. The SMILES string of the molecule is CN1CCN(c2nc(Nc3cc(-c4ccccc4)[nH]n3)nc(N(C)c3ccc(F)cc3)n2)CC1. The van der Waals surface area contributed by atoms with Crippen molar-refractivity contribution in [2.75, 3.05) is 55.4 Å². The lowest BCUT2D eigenvalue weighted by Crippen LogP contribution is -2.45. The van der Waals surface area contributed by atoms with Crippen LogP contribution in [-0.4, -0.2) is 70.3 Å². The molecule has 0 radical (unpaired) electrons. The summed E-state index contributed by atoms with van der Waals surface area (Å²) in [4.78, 5) is 20.3. The van der Waals surface area contributed by atoms with Gasteiger partial charge in [0.25, 0.3) is 0 Å². The minimum absolute atomic E-state index is 0.291. The molecule has 34 heavy (non-hydrogen) atoms. The molecule has 1 aliphatic heterocycles. The van der Waals surface area contributed by atoms with E-state index in [1.807, 2.05) is 48.3 Å². The summed E-state index contributed by atoms with van der Waals surface area (Å²) < 4.78 is 13.4. The van der Waals surface area contributed by atoms with Crippen LogP contribution >= 0.6 is 0 Å². The number of anilines is 5. The molecule has 1 saturated heterocycles. The molecule has 0 aliphatic carbocycles. The van der Waals surface area contributed by atoms with Gasteiger partial charge in [0.15, 0.2) is 5.82 Å². The van der Waals surface area contributed by atoms with Crippen molar-refractivity contribution in [2.45, 2.75) is 0 Å². The lowest BCUT2D eigenvalue weighted by molar-refractivity contribution is 0.311. The van der Waals surface area contributed by atoms with Gasteiger partial charge in [-0.05, 0) is 36.9 Å². The number of hydrogen-bond acceptors (Lipinski definition) is 8. The van der Waals surface area contributed by atoms with Crippen molar-refractivity contribution in [3.8, 4) is 11.3 Å². The summed E-state index contributed by atoms with van der Waals surface area (Å²) in [6.07, 6.45) is 0. The molecule has 0 amide bonds. The summed E-state index contributed by atoms with van der Waals surface area (Å²) in [5, 5.41) is 10.6. The van der Waals surface area contributed by atoms with E-state index in [2.05, 4.69) is 42.3 Å². The predicted molar refractivity (Wildman–Crippen MR) is 131 cm³/mol. The van der Waals surface area contributed by atoms with Crippen LogP contribution in [0, 0.1) is 5.82 Å². The van der Waals surface area contributed by atoms with Crippen LogP contribution in [0.25, 0.3) is 11.3 Å². The number of likely N-dealkylation sites (N-methyl/N-ethyl adjacent to an activating group) is 1. The number of rotatable bonds is 6. The van der Waals surface area contributed by atoms with Crippen LogP contribution in [0.5, 0.6) is 0 Å². The largest absolute Gasteiger partial charge is 0.338 e. The fraction of sp³-hybridized carbons (Fsp3) is 0.250. The van der Waals surface area contributed by atoms with Gasteiger partial charge in [0.1, 0.15) is 5.82 Å². The van der Waals surface area contributed by atoms with E-state index >= 15 is 0 Å². The zero-order chi connectivity index (χ0) is 23.5. The van der Waals surface area contributed by atoms with Crippen molar-refractivity contribution < 1.29 is 4.39 Å². The Labute approximate surface area is 197 Å². The van der Waals surface area contributed by atoms with Crippen molar-refractivity contribution in [2.24, 2.45) is 0 Å². The Morgan fingerprint density at radius 2 is 1.68 bits per heavy atom. The molecule has 1 aliphatic rings. The Hall–Kier alpha value is -4.05. The van der Waals surface area contributed by atoms with Gasteiger partial charge in [-0.1, -0.05) is 30.3 Å². The van der Waals surface area contributed by atoms with Gasteiger partial charge in [0.05, 0.1) is 5.69 Å². The molecule has 2 aromatic carbocycles. The third-order valence-corrected chi connectivity index (χ3v) is 5.81. The highest BCUT2D eigenvalue weighted by Crippen LogP contribution is 2.26. The highest BCUT2D eigenvalue weighted by Gasteiger charge is 2.20. The van der Waals surface area contributed by atoms with E-state index in [9.17, 15) is 4.39 Å². The van der Waals surface area contributed by atoms with Crippen LogP contribution in [0.1, 0.15) is 0 Å². The van der Waals surface area contributed by atoms with Crippen molar-refractivity contribution in [1.29, 1.82) is 0 Å². The van der Waals surface area contributed by atoms with Gasteiger partial charge in [0.2, 0.25) is 17.8 Å². The fourth-order valence-electron chi connectivity index (χ4n) is 3.75. The summed E-state index contributed by atoms with van der Waals surface area (Å²) in [7, 11) is 3.95. The molecule has 0 unspecified atom stereocenters. The number of aromatic amines is 1. The molecular weight excluding hydrogens is 433 g/mol. The molecule has 2 N–H and O–H groups in total. The first kappa shape index (κ1) is 21.8. The first-order valence-corrected chi connectivity index (χ1v) is 11.1. The molecule has 0 bridgehead atoms. The maximum atomic E-state index is 13.4. The summed E-state index contributed by atoms with van der Waals surface area (Å²) >= 11 is 0. The minimum atomic E-state index is -0.291. The van der Waals surface area contributed by atoms with Gasteiger partial charge in [-0.25, -0.2) is 4.39 Å². The van der Waals surface area contributed by atoms with Crippen molar-refractivity contribution in [3.05, 3.63) is 66.5 Å². The maximum absolute atomic E-state index is 13.4. The lowest BCUT2D eigenvalue weighted by atomic mass is 10.2. The molecule has 0 spiro atoms.